The van der Waals surface area contributed by atoms with E-state index in [1.54, 1.807) is 17.0 Å². The van der Waals surface area contributed by atoms with Gasteiger partial charge in [-0.05, 0) is 61.1 Å². The molecule has 1 N–H and O–H groups in total. The summed E-state index contributed by atoms with van der Waals surface area (Å²) in [5.74, 6) is 0.295. The quantitative estimate of drug-likeness (QED) is 0.681. The van der Waals surface area contributed by atoms with Gasteiger partial charge >= 0.3 is 6.03 Å². The van der Waals surface area contributed by atoms with E-state index in [2.05, 4.69) is 11.4 Å². The highest BCUT2D eigenvalue weighted by Crippen LogP contribution is 2.29. The zero-order valence-corrected chi connectivity index (χ0v) is 21.4. The van der Waals surface area contributed by atoms with Crippen molar-refractivity contribution in [1.29, 1.82) is 5.26 Å². The second kappa shape index (κ2) is 10.7. The number of nitriles is 1. The van der Waals surface area contributed by atoms with Gasteiger partial charge in [-0.25, -0.2) is 13.2 Å². The number of anilines is 1. The predicted molar refractivity (Wildman–Crippen MR) is 137 cm³/mol. The molecule has 0 saturated carbocycles. The van der Waals surface area contributed by atoms with E-state index in [1.165, 1.54) is 16.1 Å². The van der Waals surface area contributed by atoms with Gasteiger partial charge in [-0.1, -0.05) is 18.2 Å². The van der Waals surface area contributed by atoms with Crippen molar-refractivity contribution in [3.63, 3.8) is 0 Å². The lowest BCUT2D eigenvalue weighted by Gasteiger charge is -2.33. The third-order valence-electron chi connectivity index (χ3n) is 7.01. The Kier molecular flexibility index (Phi) is 7.62. The molecule has 2 aliphatic rings. The Morgan fingerprint density at radius 3 is 2.17 bits per heavy atom. The van der Waals surface area contributed by atoms with Gasteiger partial charge in [0.05, 0.1) is 17.9 Å². The van der Waals surface area contributed by atoms with Gasteiger partial charge in [0.25, 0.3) is 5.91 Å². The first-order valence-electron chi connectivity index (χ1n) is 12.1. The summed E-state index contributed by atoms with van der Waals surface area (Å²) < 4.78 is 24.8. The summed E-state index contributed by atoms with van der Waals surface area (Å²) in [6.45, 7) is 4.31. The van der Waals surface area contributed by atoms with E-state index in [0.29, 0.717) is 48.9 Å². The average Bonchev–Trinajstić information content (AvgIpc) is 2.89. The summed E-state index contributed by atoms with van der Waals surface area (Å²) in [6.07, 6.45) is 2.88. The fourth-order valence-electron chi connectivity index (χ4n) is 4.74. The molecule has 0 spiro atoms. The summed E-state index contributed by atoms with van der Waals surface area (Å²) in [6, 6.07) is 14.8. The minimum absolute atomic E-state index is 0.0643. The van der Waals surface area contributed by atoms with Crippen LogP contribution in [0, 0.1) is 18.3 Å². The van der Waals surface area contributed by atoms with E-state index in [4.69, 9.17) is 5.26 Å². The third-order valence-corrected chi connectivity index (χ3v) is 8.32. The lowest BCUT2D eigenvalue weighted by molar-refractivity contribution is 0.0713. The fraction of sp³-hybridized carbons (Fsp3) is 0.423. The number of carbonyl (C=O) groups is 2. The molecule has 2 aliphatic heterocycles. The van der Waals surface area contributed by atoms with E-state index in [0.717, 1.165) is 18.4 Å². The highest BCUT2D eigenvalue weighted by Gasteiger charge is 2.27. The van der Waals surface area contributed by atoms with Crippen LogP contribution in [-0.4, -0.2) is 80.0 Å². The van der Waals surface area contributed by atoms with Gasteiger partial charge in [0.15, 0.2) is 0 Å². The minimum Gasteiger partial charge on any atom is -0.339 e. The topological polar surface area (TPSA) is 114 Å². The lowest BCUT2D eigenvalue weighted by atomic mass is 9.89. The molecule has 2 fully saturated rings. The molecule has 2 saturated heterocycles. The molecule has 2 aromatic carbocycles. The van der Waals surface area contributed by atoms with Crippen molar-refractivity contribution in [2.45, 2.75) is 25.7 Å². The van der Waals surface area contributed by atoms with Crippen molar-refractivity contribution >= 4 is 27.6 Å². The van der Waals surface area contributed by atoms with Crippen LogP contribution in [0.15, 0.2) is 42.5 Å². The third kappa shape index (κ3) is 5.86. The lowest BCUT2D eigenvalue weighted by Crippen LogP contribution is -2.51. The van der Waals surface area contributed by atoms with Gasteiger partial charge in [0.2, 0.25) is 10.0 Å². The Bertz CT molecular complexity index is 1270. The number of hydrogen-bond donors (Lipinski definition) is 1. The van der Waals surface area contributed by atoms with Crippen LogP contribution in [0.2, 0.25) is 0 Å². The maximum absolute atomic E-state index is 13.2. The standard InChI is InChI=1S/C26H31N5O4S/c1-19-3-6-23(17-24(19)28-26(33)30-13-15-31(16-14-30)36(2,34)35)25(32)29-11-9-22(10-12-29)21-7-4-20(18-27)5-8-21/h3-8,17,22H,9-16H2,1-2H3,(H,28,33). The minimum atomic E-state index is -3.27. The Morgan fingerprint density at radius 1 is 0.944 bits per heavy atom. The molecular formula is C26H31N5O4S. The number of benzene rings is 2. The maximum Gasteiger partial charge on any atom is 0.321 e. The molecule has 190 valence electrons. The second-order valence-corrected chi connectivity index (χ2v) is 11.4. The molecule has 36 heavy (non-hydrogen) atoms. The van der Waals surface area contributed by atoms with Crippen molar-refractivity contribution in [2.75, 3.05) is 50.8 Å². The van der Waals surface area contributed by atoms with Crippen LogP contribution < -0.4 is 5.32 Å². The zero-order valence-electron chi connectivity index (χ0n) is 20.6. The largest absolute Gasteiger partial charge is 0.339 e. The van der Waals surface area contributed by atoms with Crippen molar-refractivity contribution in [2.24, 2.45) is 0 Å². The smallest absolute Gasteiger partial charge is 0.321 e. The average molecular weight is 510 g/mol. The highest BCUT2D eigenvalue weighted by molar-refractivity contribution is 7.88. The van der Waals surface area contributed by atoms with Gasteiger partial charge in [0, 0.05) is 50.5 Å². The first-order valence-corrected chi connectivity index (χ1v) is 13.9. The summed E-state index contributed by atoms with van der Waals surface area (Å²) in [4.78, 5) is 29.5. The van der Waals surface area contributed by atoms with Crippen LogP contribution in [0.5, 0.6) is 0 Å². The van der Waals surface area contributed by atoms with Gasteiger partial charge in [-0.2, -0.15) is 9.57 Å². The molecule has 0 aliphatic carbocycles. The molecule has 0 atom stereocenters. The van der Waals surface area contributed by atoms with E-state index in [-0.39, 0.29) is 25.0 Å². The van der Waals surface area contributed by atoms with Crippen LogP contribution in [0.3, 0.4) is 0 Å². The first-order chi connectivity index (χ1) is 17.2. The molecule has 0 bridgehead atoms. The normalized spacial score (nSPS) is 17.5. The summed E-state index contributed by atoms with van der Waals surface area (Å²) in [7, 11) is -3.27. The molecule has 0 aromatic heterocycles. The Morgan fingerprint density at radius 2 is 1.58 bits per heavy atom. The SMILES string of the molecule is Cc1ccc(C(=O)N2CCC(c3ccc(C#N)cc3)CC2)cc1NC(=O)N1CCN(S(C)(=O)=O)CC1. The zero-order chi connectivity index (χ0) is 25.9. The number of piperazine rings is 1. The number of nitrogens with one attached hydrogen (secondary N) is 1. The Balaban J connectivity index is 1.36. The number of amides is 3. The van der Waals surface area contributed by atoms with Crippen LogP contribution in [0.1, 0.15) is 45.8 Å². The number of nitrogens with zero attached hydrogens (tertiary/aromatic N) is 4. The van der Waals surface area contributed by atoms with Crippen molar-refractivity contribution < 1.29 is 18.0 Å². The Hall–Kier alpha value is -3.42. The van der Waals surface area contributed by atoms with Crippen molar-refractivity contribution in [3.8, 4) is 6.07 Å². The number of hydrogen-bond acceptors (Lipinski definition) is 5. The number of likely N-dealkylation sites (tertiary alicyclic amines) is 1. The van der Waals surface area contributed by atoms with Crippen molar-refractivity contribution in [1.82, 2.24) is 14.1 Å². The number of sulfonamides is 1. The van der Waals surface area contributed by atoms with Crippen LogP contribution in [-0.2, 0) is 10.0 Å². The van der Waals surface area contributed by atoms with Crippen molar-refractivity contribution in [3.05, 3.63) is 64.7 Å². The second-order valence-electron chi connectivity index (χ2n) is 9.41. The number of aryl methyl sites for hydroxylation is 1. The summed E-state index contributed by atoms with van der Waals surface area (Å²) in [5.41, 5.74) is 3.77. The molecule has 2 aromatic rings. The molecular weight excluding hydrogens is 478 g/mol. The van der Waals surface area contributed by atoms with Crippen LogP contribution in [0.4, 0.5) is 10.5 Å². The first kappa shape index (κ1) is 25.7. The molecule has 0 unspecified atom stereocenters. The molecule has 3 amide bonds. The summed E-state index contributed by atoms with van der Waals surface area (Å²) in [5, 5.41) is 11.9. The monoisotopic (exact) mass is 509 g/mol. The molecule has 2 heterocycles. The van der Waals surface area contributed by atoms with Crippen LogP contribution >= 0.6 is 0 Å². The van der Waals surface area contributed by atoms with E-state index < -0.39 is 10.0 Å². The number of carbonyl (C=O) groups excluding carboxylic acids is 2. The van der Waals surface area contributed by atoms with Gasteiger partial charge in [-0.3, -0.25) is 4.79 Å². The molecule has 10 heteroatoms. The molecule has 0 radical (unpaired) electrons. The predicted octanol–water partition coefficient (Wildman–Crippen LogP) is 3.00. The van der Waals surface area contributed by atoms with E-state index in [9.17, 15) is 18.0 Å². The molecule has 4 rings (SSSR count). The maximum atomic E-state index is 13.2. The van der Waals surface area contributed by atoms with Crippen LogP contribution in [0.25, 0.3) is 0 Å². The van der Waals surface area contributed by atoms with E-state index >= 15 is 0 Å². The number of urea groups is 1. The Labute approximate surface area is 212 Å². The van der Waals surface area contributed by atoms with Gasteiger partial charge in [0.1, 0.15) is 0 Å². The highest BCUT2D eigenvalue weighted by atomic mass is 32.2. The number of piperidine rings is 1. The van der Waals surface area contributed by atoms with Gasteiger partial charge < -0.3 is 15.1 Å². The number of rotatable bonds is 4. The fourth-order valence-corrected chi connectivity index (χ4v) is 5.56. The molecule has 9 nitrogen and oxygen atoms in total. The summed E-state index contributed by atoms with van der Waals surface area (Å²) >= 11 is 0. The van der Waals surface area contributed by atoms with Gasteiger partial charge in [-0.15, -0.1) is 0 Å². The van der Waals surface area contributed by atoms with E-state index in [1.807, 2.05) is 42.2 Å².